The summed E-state index contributed by atoms with van der Waals surface area (Å²) in [7, 11) is 1.63. The van der Waals surface area contributed by atoms with Crippen LogP contribution in [0.4, 0.5) is 0 Å². The van der Waals surface area contributed by atoms with Crippen LogP contribution in [0.25, 0.3) is 10.9 Å². The second-order valence-corrected chi connectivity index (χ2v) is 7.07. The maximum atomic E-state index is 12.6. The topological polar surface area (TPSA) is 112 Å². The zero-order valence-corrected chi connectivity index (χ0v) is 16.0. The number of unbranched alkanes of at least 4 members (excludes halogenated alkanes) is 1. The van der Waals surface area contributed by atoms with Gasteiger partial charge in [0, 0.05) is 29.7 Å². The number of aromatic amines is 2. The Bertz CT molecular complexity index is 1140. The number of nitrogens with one attached hydrogen (secondary N) is 3. The minimum absolute atomic E-state index is 0.162. The van der Waals surface area contributed by atoms with Crippen molar-refractivity contribution in [3.63, 3.8) is 0 Å². The summed E-state index contributed by atoms with van der Waals surface area (Å²) in [5.74, 6) is 0.488. The highest BCUT2D eigenvalue weighted by molar-refractivity contribution is 5.86. The monoisotopic (exact) mass is 384 g/mol. The molecule has 1 atom stereocenters. The molecule has 1 aliphatic rings. The molecule has 2 aromatic heterocycles. The van der Waals surface area contributed by atoms with Crippen LogP contribution in [0.1, 0.15) is 42.6 Å². The van der Waals surface area contributed by atoms with Gasteiger partial charge in [0.25, 0.3) is 5.56 Å². The van der Waals surface area contributed by atoms with Gasteiger partial charge in [0.15, 0.2) is 0 Å². The quantitative estimate of drug-likeness (QED) is 0.536. The summed E-state index contributed by atoms with van der Waals surface area (Å²) in [6, 6.07) is 5.26. The number of ether oxygens (including phenoxy) is 1. The highest BCUT2D eigenvalue weighted by atomic mass is 16.5. The van der Waals surface area contributed by atoms with Crippen LogP contribution in [0.2, 0.25) is 0 Å². The van der Waals surface area contributed by atoms with Gasteiger partial charge in [0.1, 0.15) is 11.3 Å². The minimum atomic E-state index is -0.586. The lowest BCUT2D eigenvalue weighted by molar-refractivity contribution is 0.378. The highest BCUT2D eigenvalue weighted by Gasteiger charge is 2.31. The Hall–Kier alpha value is -3.00. The molecule has 1 unspecified atom stereocenters. The van der Waals surface area contributed by atoms with Gasteiger partial charge < -0.3 is 20.1 Å². The van der Waals surface area contributed by atoms with Crippen LogP contribution in [0.5, 0.6) is 11.6 Å². The predicted molar refractivity (Wildman–Crippen MR) is 106 cm³/mol. The molecule has 148 valence electrons. The Morgan fingerprint density at radius 2 is 2.11 bits per heavy atom. The number of H-pyrrole nitrogens is 2. The van der Waals surface area contributed by atoms with E-state index in [4.69, 9.17) is 4.74 Å². The molecule has 0 radical (unpaired) electrons. The van der Waals surface area contributed by atoms with Crippen LogP contribution in [-0.2, 0) is 13.0 Å². The number of hydrogen-bond donors (Lipinski definition) is 4. The molecule has 28 heavy (non-hydrogen) atoms. The molecule has 3 heterocycles. The summed E-state index contributed by atoms with van der Waals surface area (Å²) in [5.41, 5.74) is 1.86. The summed E-state index contributed by atoms with van der Waals surface area (Å²) in [5, 5.41) is 15.1. The molecule has 1 aromatic carbocycles. The first-order valence-corrected chi connectivity index (χ1v) is 9.53. The van der Waals surface area contributed by atoms with Crippen molar-refractivity contribution < 1.29 is 9.84 Å². The molecule has 0 fully saturated rings. The summed E-state index contributed by atoms with van der Waals surface area (Å²) in [6.45, 7) is 3.01. The number of methoxy groups -OCH3 is 1. The highest BCUT2D eigenvalue weighted by Crippen LogP contribution is 2.36. The fraction of sp³-hybridized carbons (Fsp3) is 0.400. The maximum Gasteiger partial charge on any atom is 0.331 e. The number of rotatable bonds is 5. The molecule has 0 spiro atoms. The van der Waals surface area contributed by atoms with E-state index in [0.29, 0.717) is 13.1 Å². The molecular weight excluding hydrogens is 360 g/mol. The van der Waals surface area contributed by atoms with Crippen LogP contribution in [-0.4, -0.2) is 33.3 Å². The van der Waals surface area contributed by atoms with Crippen molar-refractivity contribution in [2.75, 3.05) is 13.7 Å². The lowest BCUT2D eigenvalue weighted by atomic mass is 9.95. The molecule has 3 aromatic rings. The number of fused-ring (bicyclic) bond motifs is 3. The normalized spacial score (nSPS) is 16.3. The first-order chi connectivity index (χ1) is 13.5. The Labute approximate surface area is 161 Å². The lowest BCUT2D eigenvalue weighted by Gasteiger charge is -2.25. The number of aromatic nitrogens is 3. The number of nitrogens with zero attached hydrogens (tertiary/aromatic N) is 1. The fourth-order valence-corrected chi connectivity index (χ4v) is 3.94. The van der Waals surface area contributed by atoms with E-state index in [2.05, 4.69) is 15.3 Å². The van der Waals surface area contributed by atoms with Gasteiger partial charge in [-0.1, -0.05) is 13.3 Å². The molecular formula is C20H24N4O4. The van der Waals surface area contributed by atoms with Crippen LogP contribution in [0, 0.1) is 0 Å². The van der Waals surface area contributed by atoms with Gasteiger partial charge in [-0.15, -0.1) is 0 Å². The average molecular weight is 384 g/mol. The van der Waals surface area contributed by atoms with Crippen molar-refractivity contribution in [2.24, 2.45) is 0 Å². The van der Waals surface area contributed by atoms with Gasteiger partial charge in [0.2, 0.25) is 5.88 Å². The predicted octanol–water partition coefficient (Wildman–Crippen LogP) is 1.77. The standard InChI is InChI=1S/C20H24N4O4/c1-3-4-9-24-19(26)15(18(25)23-20(24)27)17-16-12(7-8-21-17)13-10-11(28-2)5-6-14(13)22-16/h5-6,10,17,21-22,26H,3-4,7-9H2,1-2H3,(H,23,25,27). The van der Waals surface area contributed by atoms with Crippen LogP contribution < -0.4 is 21.3 Å². The zero-order chi connectivity index (χ0) is 19.8. The van der Waals surface area contributed by atoms with E-state index in [0.717, 1.165) is 47.2 Å². The van der Waals surface area contributed by atoms with Crippen molar-refractivity contribution in [1.29, 1.82) is 0 Å². The number of benzene rings is 1. The van der Waals surface area contributed by atoms with Crippen molar-refractivity contribution in [2.45, 2.75) is 38.8 Å². The molecule has 0 aliphatic carbocycles. The van der Waals surface area contributed by atoms with Crippen molar-refractivity contribution in [3.05, 3.63) is 55.9 Å². The molecule has 0 bridgehead atoms. The van der Waals surface area contributed by atoms with Gasteiger partial charge in [-0.2, -0.15) is 0 Å². The Morgan fingerprint density at radius 3 is 2.86 bits per heavy atom. The first-order valence-electron chi connectivity index (χ1n) is 9.53. The Balaban J connectivity index is 1.89. The van der Waals surface area contributed by atoms with Crippen molar-refractivity contribution in [3.8, 4) is 11.6 Å². The smallest absolute Gasteiger partial charge is 0.331 e. The van der Waals surface area contributed by atoms with E-state index in [1.165, 1.54) is 4.57 Å². The Morgan fingerprint density at radius 1 is 1.29 bits per heavy atom. The summed E-state index contributed by atoms with van der Waals surface area (Å²) in [4.78, 5) is 30.5. The fourth-order valence-electron chi connectivity index (χ4n) is 3.94. The van der Waals surface area contributed by atoms with E-state index in [9.17, 15) is 14.7 Å². The maximum absolute atomic E-state index is 12.6. The van der Waals surface area contributed by atoms with E-state index in [1.54, 1.807) is 7.11 Å². The molecule has 8 heteroatoms. The summed E-state index contributed by atoms with van der Waals surface area (Å²) >= 11 is 0. The third-order valence-electron chi connectivity index (χ3n) is 5.39. The zero-order valence-electron chi connectivity index (χ0n) is 16.0. The second kappa shape index (κ2) is 7.20. The summed E-state index contributed by atoms with van der Waals surface area (Å²) < 4.78 is 6.57. The molecule has 4 N–H and O–H groups in total. The van der Waals surface area contributed by atoms with Crippen LogP contribution in [0.3, 0.4) is 0 Å². The Kier molecular flexibility index (Phi) is 4.72. The van der Waals surface area contributed by atoms with E-state index < -0.39 is 17.3 Å². The number of hydrogen-bond acceptors (Lipinski definition) is 5. The van der Waals surface area contributed by atoms with Crippen molar-refractivity contribution in [1.82, 2.24) is 19.9 Å². The van der Waals surface area contributed by atoms with E-state index in [1.807, 2.05) is 25.1 Å². The largest absolute Gasteiger partial charge is 0.497 e. The second-order valence-electron chi connectivity index (χ2n) is 7.07. The average Bonchev–Trinajstić information content (AvgIpc) is 3.06. The molecule has 8 nitrogen and oxygen atoms in total. The van der Waals surface area contributed by atoms with Gasteiger partial charge in [-0.25, -0.2) is 4.79 Å². The third-order valence-corrected chi connectivity index (χ3v) is 5.39. The molecule has 0 saturated carbocycles. The van der Waals surface area contributed by atoms with Crippen molar-refractivity contribution >= 4 is 10.9 Å². The lowest BCUT2D eigenvalue weighted by Crippen LogP contribution is -2.39. The number of aromatic hydroxyl groups is 1. The van der Waals surface area contributed by atoms with Gasteiger partial charge >= 0.3 is 5.69 Å². The minimum Gasteiger partial charge on any atom is -0.497 e. The SMILES string of the molecule is CCCCn1c(O)c(C2NCCc3c2[nH]c2ccc(OC)cc32)c(=O)[nH]c1=O. The first kappa shape index (κ1) is 18.4. The molecule has 1 aliphatic heterocycles. The van der Waals surface area contributed by atoms with E-state index >= 15 is 0 Å². The molecule has 0 amide bonds. The summed E-state index contributed by atoms with van der Waals surface area (Å²) in [6.07, 6.45) is 2.39. The van der Waals surface area contributed by atoms with Gasteiger partial charge in [-0.05, 0) is 36.6 Å². The van der Waals surface area contributed by atoms with Gasteiger partial charge in [0.05, 0.1) is 13.2 Å². The molecule has 4 rings (SSSR count). The van der Waals surface area contributed by atoms with E-state index in [-0.39, 0.29) is 11.4 Å². The molecule has 0 saturated heterocycles. The van der Waals surface area contributed by atoms with Gasteiger partial charge in [-0.3, -0.25) is 14.3 Å². The third kappa shape index (κ3) is 2.90. The van der Waals surface area contributed by atoms with Crippen LogP contribution in [0.15, 0.2) is 27.8 Å². The van der Waals surface area contributed by atoms with Crippen LogP contribution >= 0.6 is 0 Å².